The number of aryl methyl sites for hydroxylation is 1. The summed E-state index contributed by atoms with van der Waals surface area (Å²) in [6.45, 7) is 2.71. The normalized spacial score (nSPS) is 10.7. The second-order valence-electron chi connectivity index (χ2n) is 6.53. The maximum atomic E-state index is 12.4. The van der Waals surface area contributed by atoms with E-state index in [2.05, 4.69) is 31.0 Å². The molecule has 0 saturated carbocycles. The van der Waals surface area contributed by atoms with Gasteiger partial charge >= 0.3 is 0 Å². The first-order chi connectivity index (χ1) is 14.6. The van der Waals surface area contributed by atoms with Gasteiger partial charge in [-0.3, -0.25) is 14.8 Å². The number of carbonyl (C=O) groups excluding carboxylic acids is 1. The number of aromatic nitrogens is 6. The molecule has 2 heterocycles. The molecule has 0 saturated heterocycles. The minimum absolute atomic E-state index is 0.0855. The number of hydrogen-bond acceptors (Lipinski definition) is 6. The summed E-state index contributed by atoms with van der Waals surface area (Å²) >= 11 is 6.22. The van der Waals surface area contributed by atoms with Gasteiger partial charge in [0.25, 0.3) is 11.9 Å². The van der Waals surface area contributed by atoms with Crippen molar-refractivity contribution >= 4 is 23.5 Å². The molecule has 4 aromatic rings. The minimum atomic E-state index is -0.419. The summed E-state index contributed by atoms with van der Waals surface area (Å²) in [6, 6.07) is 16.9. The van der Waals surface area contributed by atoms with Crippen LogP contribution in [0.1, 0.15) is 27.3 Å². The Bertz CT molecular complexity index is 1140. The zero-order valence-corrected chi connectivity index (χ0v) is 16.8. The van der Waals surface area contributed by atoms with Gasteiger partial charge in [0.2, 0.25) is 0 Å². The average Bonchev–Trinajstić information content (AvgIpc) is 3.38. The van der Waals surface area contributed by atoms with Crippen LogP contribution in [0.5, 0.6) is 5.75 Å². The number of amides is 1. The zero-order valence-electron chi connectivity index (χ0n) is 16.0. The maximum Gasteiger partial charge on any atom is 0.278 e. The number of hydrogen-bond donors (Lipinski definition) is 2. The van der Waals surface area contributed by atoms with E-state index in [9.17, 15) is 4.79 Å². The summed E-state index contributed by atoms with van der Waals surface area (Å²) in [4.78, 5) is 12.4. The van der Waals surface area contributed by atoms with Crippen LogP contribution in [0.2, 0.25) is 5.02 Å². The van der Waals surface area contributed by atoms with Crippen molar-refractivity contribution in [1.29, 1.82) is 0 Å². The lowest BCUT2D eigenvalue weighted by molar-refractivity contribution is 0.102. The van der Waals surface area contributed by atoms with Crippen molar-refractivity contribution in [2.45, 2.75) is 20.1 Å². The van der Waals surface area contributed by atoms with Gasteiger partial charge in [0, 0.05) is 10.7 Å². The summed E-state index contributed by atoms with van der Waals surface area (Å²) in [5.41, 5.74) is 3.01. The van der Waals surface area contributed by atoms with Crippen LogP contribution in [-0.2, 0) is 13.2 Å². The quantitative estimate of drug-likeness (QED) is 0.472. The number of aromatic amines is 1. The Hall–Kier alpha value is -3.72. The molecule has 0 atom stereocenters. The van der Waals surface area contributed by atoms with E-state index in [1.807, 2.05) is 55.5 Å². The van der Waals surface area contributed by atoms with E-state index in [4.69, 9.17) is 16.3 Å². The Morgan fingerprint density at radius 1 is 1.17 bits per heavy atom. The van der Waals surface area contributed by atoms with Crippen LogP contribution >= 0.6 is 11.6 Å². The first kappa shape index (κ1) is 19.6. The second-order valence-corrected chi connectivity index (χ2v) is 6.97. The highest BCUT2D eigenvalue weighted by molar-refractivity contribution is 6.30. The molecule has 2 aromatic carbocycles. The van der Waals surface area contributed by atoms with E-state index in [1.165, 1.54) is 0 Å². The Kier molecular flexibility index (Phi) is 5.71. The van der Waals surface area contributed by atoms with Crippen LogP contribution in [0, 0.1) is 6.92 Å². The Balaban J connectivity index is 1.51. The third kappa shape index (κ3) is 4.64. The summed E-state index contributed by atoms with van der Waals surface area (Å²) in [5.74, 6) is 0.452. The highest BCUT2D eigenvalue weighted by atomic mass is 35.5. The fourth-order valence-corrected chi connectivity index (χ4v) is 3.08. The van der Waals surface area contributed by atoms with E-state index in [1.54, 1.807) is 10.7 Å². The molecule has 0 aliphatic heterocycles. The Morgan fingerprint density at radius 3 is 2.77 bits per heavy atom. The summed E-state index contributed by atoms with van der Waals surface area (Å²) < 4.78 is 7.62. The van der Waals surface area contributed by atoms with Crippen molar-refractivity contribution in [2.75, 3.05) is 5.32 Å². The number of rotatable bonds is 7. The smallest absolute Gasteiger partial charge is 0.278 e. The second kappa shape index (κ2) is 8.75. The molecule has 10 heteroatoms. The number of ether oxygens (including phenoxy) is 1. The number of halogens is 1. The number of carbonyl (C=O) groups is 1. The molecule has 2 N–H and O–H groups in total. The first-order valence-electron chi connectivity index (χ1n) is 9.13. The highest BCUT2D eigenvalue weighted by Crippen LogP contribution is 2.20. The van der Waals surface area contributed by atoms with Crippen molar-refractivity contribution in [3.63, 3.8) is 0 Å². The van der Waals surface area contributed by atoms with Gasteiger partial charge in [-0.15, -0.1) is 5.10 Å². The number of nitrogens with zero attached hydrogens (tertiary/aromatic N) is 5. The molecule has 0 bridgehead atoms. The van der Waals surface area contributed by atoms with Gasteiger partial charge in [-0.1, -0.05) is 41.0 Å². The molecule has 2 aromatic heterocycles. The minimum Gasteiger partial charge on any atom is -0.489 e. The van der Waals surface area contributed by atoms with Crippen molar-refractivity contribution in [3.8, 4) is 5.75 Å². The molecule has 0 aliphatic rings. The molecule has 4 rings (SSSR count). The number of benzene rings is 2. The Labute approximate surface area is 177 Å². The predicted molar refractivity (Wildman–Crippen MR) is 110 cm³/mol. The fourth-order valence-electron chi connectivity index (χ4n) is 2.88. The SMILES string of the molecule is Cc1cc(C(=O)Nc2nn[nH]n2)nn1Cc1cc(Cl)ccc1COc1ccccc1. The van der Waals surface area contributed by atoms with E-state index in [0.717, 1.165) is 22.6 Å². The third-order valence-corrected chi connectivity index (χ3v) is 4.65. The molecular weight excluding hydrogens is 406 g/mol. The van der Waals surface area contributed by atoms with Crippen LogP contribution in [0.3, 0.4) is 0 Å². The van der Waals surface area contributed by atoms with Crippen molar-refractivity contribution < 1.29 is 9.53 Å². The highest BCUT2D eigenvalue weighted by Gasteiger charge is 2.15. The van der Waals surface area contributed by atoms with Gasteiger partial charge in [-0.2, -0.15) is 10.3 Å². The third-order valence-electron chi connectivity index (χ3n) is 4.41. The first-order valence-corrected chi connectivity index (χ1v) is 9.50. The summed E-state index contributed by atoms with van der Waals surface area (Å²) in [6.07, 6.45) is 0. The van der Waals surface area contributed by atoms with Crippen molar-refractivity contribution in [3.05, 3.63) is 82.1 Å². The molecule has 0 aliphatic carbocycles. The van der Waals surface area contributed by atoms with Crippen LogP contribution in [0.15, 0.2) is 54.6 Å². The van der Waals surface area contributed by atoms with Gasteiger partial charge in [0.1, 0.15) is 12.4 Å². The largest absolute Gasteiger partial charge is 0.489 e. The standard InChI is InChI=1S/C20H18ClN7O2/c1-13-9-18(19(29)22-20-23-26-27-24-20)25-28(13)11-15-10-16(21)8-7-14(15)12-30-17-5-3-2-4-6-17/h2-10H,11-12H2,1H3,(H2,22,23,24,26,27,29). The number of para-hydroxylation sites is 1. The van der Waals surface area contributed by atoms with Gasteiger partial charge in [-0.25, -0.2) is 0 Å². The van der Waals surface area contributed by atoms with Crippen LogP contribution in [-0.4, -0.2) is 36.3 Å². The molecular formula is C20H18ClN7O2. The topological polar surface area (TPSA) is 111 Å². The molecule has 9 nitrogen and oxygen atoms in total. The fraction of sp³-hybridized carbons (Fsp3) is 0.150. The van der Waals surface area contributed by atoms with Crippen LogP contribution in [0.4, 0.5) is 5.95 Å². The number of anilines is 1. The van der Waals surface area contributed by atoms with E-state index < -0.39 is 5.91 Å². The monoisotopic (exact) mass is 423 g/mol. The molecule has 0 unspecified atom stereocenters. The van der Waals surface area contributed by atoms with E-state index in [0.29, 0.717) is 18.2 Å². The zero-order chi connectivity index (χ0) is 20.9. The predicted octanol–water partition coefficient (Wildman–Crippen LogP) is 3.24. The summed E-state index contributed by atoms with van der Waals surface area (Å²) in [5, 5.41) is 20.6. The Morgan fingerprint density at radius 2 is 2.00 bits per heavy atom. The van der Waals surface area contributed by atoms with Crippen LogP contribution in [0.25, 0.3) is 0 Å². The molecule has 30 heavy (non-hydrogen) atoms. The van der Waals surface area contributed by atoms with Gasteiger partial charge in [-0.05, 0) is 53.6 Å². The molecule has 0 spiro atoms. The van der Waals surface area contributed by atoms with Crippen molar-refractivity contribution in [2.24, 2.45) is 0 Å². The molecule has 0 radical (unpaired) electrons. The number of tetrazole rings is 1. The molecule has 152 valence electrons. The average molecular weight is 424 g/mol. The lowest BCUT2D eigenvalue weighted by atomic mass is 10.1. The maximum absolute atomic E-state index is 12.4. The lowest BCUT2D eigenvalue weighted by Gasteiger charge is -2.13. The van der Waals surface area contributed by atoms with Gasteiger partial charge in [0.05, 0.1) is 6.54 Å². The van der Waals surface area contributed by atoms with E-state index >= 15 is 0 Å². The molecule has 0 fully saturated rings. The van der Waals surface area contributed by atoms with Gasteiger partial charge in [0.15, 0.2) is 5.69 Å². The number of H-pyrrole nitrogens is 1. The lowest BCUT2D eigenvalue weighted by Crippen LogP contribution is -2.15. The van der Waals surface area contributed by atoms with Crippen LogP contribution < -0.4 is 10.1 Å². The van der Waals surface area contributed by atoms with Crippen molar-refractivity contribution in [1.82, 2.24) is 30.4 Å². The number of nitrogens with one attached hydrogen (secondary N) is 2. The summed E-state index contributed by atoms with van der Waals surface area (Å²) in [7, 11) is 0. The van der Waals surface area contributed by atoms with E-state index in [-0.39, 0.29) is 11.6 Å². The van der Waals surface area contributed by atoms with Gasteiger partial charge < -0.3 is 4.74 Å². The molecule has 1 amide bonds.